The molecule has 3 rings (SSSR count). The summed E-state index contributed by atoms with van der Waals surface area (Å²) in [6, 6.07) is 6.36. The van der Waals surface area contributed by atoms with Crippen molar-refractivity contribution in [3.05, 3.63) is 28.1 Å². The van der Waals surface area contributed by atoms with Gasteiger partial charge < -0.3 is 4.90 Å². The zero-order valence-electron chi connectivity index (χ0n) is 10.4. The van der Waals surface area contributed by atoms with Crippen molar-refractivity contribution in [2.45, 2.75) is 19.8 Å². The standard InChI is InChI=1S/C14H16IN3/c1-10-4-6-18(7-5-10)14-12-8-11(15)2-3-13(12)16-9-17-14/h2-3,8-10H,4-7H2,1H3. The first-order chi connectivity index (χ1) is 8.74. The van der Waals surface area contributed by atoms with Gasteiger partial charge in [0, 0.05) is 22.0 Å². The van der Waals surface area contributed by atoms with E-state index >= 15 is 0 Å². The Morgan fingerprint density at radius 2 is 2.00 bits per heavy atom. The summed E-state index contributed by atoms with van der Waals surface area (Å²) in [7, 11) is 0. The Morgan fingerprint density at radius 1 is 1.22 bits per heavy atom. The zero-order valence-corrected chi connectivity index (χ0v) is 12.6. The van der Waals surface area contributed by atoms with E-state index in [0.717, 1.165) is 30.3 Å². The monoisotopic (exact) mass is 353 g/mol. The van der Waals surface area contributed by atoms with E-state index < -0.39 is 0 Å². The summed E-state index contributed by atoms with van der Waals surface area (Å²) in [5.74, 6) is 1.94. The SMILES string of the molecule is CC1CCN(c2ncnc3ccc(I)cc23)CC1. The van der Waals surface area contributed by atoms with Gasteiger partial charge in [-0.05, 0) is 59.5 Å². The number of hydrogen-bond donors (Lipinski definition) is 0. The average Bonchev–Trinajstić information content (AvgIpc) is 2.39. The van der Waals surface area contributed by atoms with Crippen molar-refractivity contribution in [3.63, 3.8) is 0 Å². The van der Waals surface area contributed by atoms with Gasteiger partial charge in [0.2, 0.25) is 0 Å². The molecule has 0 bridgehead atoms. The van der Waals surface area contributed by atoms with Crippen LogP contribution < -0.4 is 4.90 Å². The summed E-state index contributed by atoms with van der Waals surface area (Å²) in [4.78, 5) is 11.3. The van der Waals surface area contributed by atoms with Crippen molar-refractivity contribution in [1.82, 2.24) is 9.97 Å². The minimum atomic E-state index is 0.842. The highest BCUT2D eigenvalue weighted by Gasteiger charge is 2.18. The molecule has 94 valence electrons. The molecule has 1 aliphatic heterocycles. The lowest BCUT2D eigenvalue weighted by atomic mass is 9.99. The van der Waals surface area contributed by atoms with Crippen LogP contribution in [0.5, 0.6) is 0 Å². The molecular formula is C14H16IN3. The van der Waals surface area contributed by atoms with Gasteiger partial charge in [0.25, 0.3) is 0 Å². The molecule has 1 aromatic heterocycles. The van der Waals surface area contributed by atoms with E-state index in [0.29, 0.717) is 0 Å². The Hall–Kier alpha value is -0.910. The summed E-state index contributed by atoms with van der Waals surface area (Å²) in [5, 5.41) is 1.18. The van der Waals surface area contributed by atoms with Gasteiger partial charge in [0.15, 0.2) is 0 Å². The minimum absolute atomic E-state index is 0.842. The lowest BCUT2D eigenvalue weighted by Crippen LogP contribution is -2.33. The van der Waals surface area contributed by atoms with Crippen molar-refractivity contribution < 1.29 is 0 Å². The first kappa shape index (κ1) is 12.1. The van der Waals surface area contributed by atoms with Crippen LogP contribution in [0.4, 0.5) is 5.82 Å². The number of aromatic nitrogens is 2. The van der Waals surface area contributed by atoms with Crippen LogP contribution in [0.15, 0.2) is 24.5 Å². The van der Waals surface area contributed by atoms with Crippen molar-refractivity contribution in [3.8, 4) is 0 Å². The third-order valence-corrected chi connectivity index (χ3v) is 4.33. The molecule has 2 aromatic rings. The zero-order chi connectivity index (χ0) is 12.5. The molecule has 0 saturated carbocycles. The lowest BCUT2D eigenvalue weighted by Gasteiger charge is -2.31. The highest BCUT2D eigenvalue weighted by molar-refractivity contribution is 14.1. The number of rotatable bonds is 1. The first-order valence-electron chi connectivity index (χ1n) is 6.39. The molecule has 3 nitrogen and oxygen atoms in total. The van der Waals surface area contributed by atoms with Crippen LogP contribution in [0.1, 0.15) is 19.8 Å². The van der Waals surface area contributed by atoms with Gasteiger partial charge in [-0.2, -0.15) is 0 Å². The molecule has 0 spiro atoms. The van der Waals surface area contributed by atoms with Crippen LogP contribution in [0.2, 0.25) is 0 Å². The molecule has 0 amide bonds. The van der Waals surface area contributed by atoms with Gasteiger partial charge in [-0.15, -0.1) is 0 Å². The van der Waals surface area contributed by atoms with E-state index in [1.807, 2.05) is 0 Å². The maximum absolute atomic E-state index is 4.51. The minimum Gasteiger partial charge on any atom is -0.356 e. The van der Waals surface area contributed by atoms with Gasteiger partial charge >= 0.3 is 0 Å². The second kappa shape index (κ2) is 4.99. The van der Waals surface area contributed by atoms with Crippen LogP contribution in [-0.4, -0.2) is 23.1 Å². The van der Waals surface area contributed by atoms with E-state index in [9.17, 15) is 0 Å². The highest BCUT2D eigenvalue weighted by atomic mass is 127. The van der Waals surface area contributed by atoms with Crippen LogP contribution in [-0.2, 0) is 0 Å². The largest absolute Gasteiger partial charge is 0.356 e. The maximum Gasteiger partial charge on any atom is 0.139 e. The molecule has 1 aliphatic rings. The number of nitrogens with zero attached hydrogens (tertiary/aromatic N) is 3. The Kier molecular flexibility index (Phi) is 3.37. The predicted octanol–water partition coefficient (Wildman–Crippen LogP) is 3.47. The molecule has 2 heterocycles. The smallest absolute Gasteiger partial charge is 0.139 e. The first-order valence-corrected chi connectivity index (χ1v) is 7.47. The van der Waals surface area contributed by atoms with Gasteiger partial charge in [-0.25, -0.2) is 9.97 Å². The van der Waals surface area contributed by atoms with Crippen molar-refractivity contribution >= 4 is 39.3 Å². The fraction of sp³-hybridized carbons (Fsp3) is 0.429. The Balaban J connectivity index is 2.03. The molecular weight excluding hydrogens is 337 g/mol. The van der Waals surface area contributed by atoms with E-state index in [4.69, 9.17) is 0 Å². The number of anilines is 1. The van der Waals surface area contributed by atoms with Crippen LogP contribution in [0, 0.1) is 9.49 Å². The third kappa shape index (κ3) is 2.30. The number of fused-ring (bicyclic) bond motifs is 1. The molecule has 0 radical (unpaired) electrons. The fourth-order valence-electron chi connectivity index (χ4n) is 2.49. The average molecular weight is 353 g/mol. The van der Waals surface area contributed by atoms with Crippen LogP contribution in [0.3, 0.4) is 0 Å². The van der Waals surface area contributed by atoms with E-state index in [1.54, 1.807) is 6.33 Å². The Morgan fingerprint density at radius 3 is 2.78 bits per heavy atom. The van der Waals surface area contributed by atoms with E-state index in [-0.39, 0.29) is 0 Å². The van der Waals surface area contributed by atoms with Gasteiger partial charge in [0.1, 0.15) is 12.1 Å². The summed E-state index contributed by atoms with van der Waals surface area (Å²) in [6.07, 6.45) is 4.20. The van der Waals surface area contributed by atoms with Crippen molar-refractivity contribution in [2.75, 3.05) is 18.0 Å². The topological polar surface area (TPSA) is 29.0 Å². The Bertz CT molecular complexity index is 562. The van der Waals surface area contributed by atoms with Crippen LogP contribution in [0.25, 0.3) is 10.9 Å². The van der Waals surface area contributed by atoms with E-state index in [1.165, 1.54) is 21.8 Å². The third-order valence-electron chi connectivity index (χ3n) is 3.66. The number of benzene rings is 1. The summed E-state index contributed by atoms with van der Waals surface area (Å²) >= 11 is 2.34. The normalized spacial score (nSPS) is 17.3. The number of hydrogen-bond acceptors (Lipinski definition) is 3. The van der Waals surface area contributed by atoms with Crippen LogP contribution >= 0.6 is 22.6 Å². The molecule has 0 atom stereocenters. The molecule has 18 heavy (non-hydrogen) atoms. The molecule has 1 fully saturated rings. The number of halogens is 1. The highest BCUT2D eigenvalue weighted by Crippen LogP contribution is 2.28. The molecule has 4 heteroatoms. The molecule has 0 N–H and O–H groups in total. The van der Waals surface area contributed by atoms with Gasteiger partial charge in [-0.1, -0.05) is 6.92 Å². The van der Waals surface area contributed by atoms with Crippen molar-refractivity contribution in [1.29, 1.82) is 0 Å². The van der Waals surface area contributed by atoms with Gasteiger partial charge in [-0.3, -0.25) is 0 Å². The second-order valence-corrected chi connectivity index (χ2v) is 6.27. The van der Waals surface area contributed by atoms with Gasteiger partial charge in [0.05, 0.1) is 5.52 Å². The summed E-state index contributed by atoms with van der Waals surface area (Å²) in [6.45, 7) is 4.55. The Labute approximate surface area is 121 Å². The molecule has 0 aliphatic carbocycles. The number of piperidine rings is 1. The predicted molar refractivity (Wildman–Crippen MR) is 82.9 cm³/mol. The second-order valence-electron chi connectivity index (χ2n) is 5.03. The summed E-state index contributed by atoms with van der Waals surface area (Å²) < 4.78 is 1.24. The fourth-order valence-corrected chi connectivity index (χ4v) is 2.98. The van der Waals surface area contributed by atoms with Crippen molar-refractivity contribution in [2.24, 2.45) is 5.92 Å². The molecule has 1 aromatic carbocycles. The quantitative estimate of drug-likeness (QED) is 0.736. The van der Waals surface area contributed by atoms with E-state index in [2.05, 4.69) is 62.6 Å². The molecule has 0 unspecified atom stereocenters. The summed E-state index contributed by atoms with van der Waals surface area (Å²) in [5.41, 5.74) is 1.04. The molecule has 1 saturated heterocycles. The maximum atomic E-state index is 4.51. The lowest BCUT2D eigenvalue weighted by molar-refractivity contribution is 0.437.